The summed E-state index contributed by atoms with van der Waals surface area (Å²) in [4.78, 5) is 28.5. The van der Waals surface area contributed by atoms with E-state index in [1.165, 1.54) is 6.42 Å². The van der Waals surface area contributed by atoms with Crippen LogP contribution < -0.4 is 0 Å². The zero-order chi connectivity index (χ0) is 16.2. The van der Waals surface area contributed by atoms with Crippen LogP contribution in [-0.2, 0) is 14.3 Å². The van der Waals surface area contributed by atoms with Crippen LogP contribution in [0.4, 0.5) is 0 Å². The second kappa shape index (κ2) is 7.44. The zero-order valence-corrected chi connectivity index (χ0v) is 14.3. The van der Waals surface area contributed by atoms with Crippen LogP contribution in [0.3, 0.4) is 0 Å². The predicted molar refractivity (Wildman–Crippen MR) is 85.4 cm³/mol. The predicted octanol–water partition coefficient (Wildman–Crippen LogP) is 2.05. The van der Waals surface area contributed by atoms with Gasteiger partial charge in [0.25, 0.3) is 0 Å². The molecule has 22 heavy (non-hydrogen) atoms. The molecule has 0 aromatic rings. The highest BCUT2D eigenvalue weighted by molar-refractivity contribution is 5.79. The molecule has 0 aromatic carbocycles. The smallest absolute Gasteiger partial charge is 0.320 e. The summed E-state index contributed by atoms with van der Waals surface area (Å²) in [6.45, 7) is 9.46. The number of carbonyl (C=O) groups excluding carboxylic acids is 2. The SMILES string of the molecule is CC(C)(C)OC(=O)CN1CCC(C(=O)N2CCCCC2)CC1. The molecule has 2 aliphatic rings. The van der Waals surface area contributed by atoms with E-state index in [-0.39, 0.29) is 11.9 Å². The van der Waals surface area contributed by atoms with Crippen LogP contribution in [-0.4, -0.2) is 60.0 Å². The molecule has 0 unspecified atom stereocenters. The molecule has 0 aliphatic carbocycles. The van der Waals surface area contributed by atoms with E-state index in [0.717, 1.165) is 51.9 Å². The van der Waals surface area contributed by atoms with Gasteiger partial charge in [0, 0.05) is 19.0 Å². The van der Waals surface area contributed by atoms with E-state index in [1.54, 1.807) is 0 Å². The van der Waals surface area contributed by atoms with Crippen LogP contribution in [0, 0.1) is 5.92 Å². The summed E-state index contributed by atoms with van der Waals surface area (Å²) in [6, 6.07) is 0. The van der Waals surface area contributed by atoms with E-state index in [1.807, 2.05) is 25.7 Å². The van der Waals surface area contributed by atoms with Gasteiger partial charge in [-0.15, -0.1) is 0 Å². The molecule has 2 heterocycles. The fraction of sp³-hybridized carbons (Fsp3) is 0.882. The Morgan fingerprint density at radius 1 is 1.00 bits per heavy atom. The molecule has 0 aromatic heterocycles. The van der Waals surface area contributed by atoms with E-state index < -0.39 is 5.60 Å². The lowest BCUT2D eigenvalue weighted by molar-refractivity contribution is -0.156. The highest BCUT2D eigenvalue weighted by Gasteiger charge is 2.30. The van der Waals surface area contributed by atoms with Crippen LogP contribution in [0.25, 0.3) is 0 Å². The molecule has 2 fully saturated rings. The molecule has 0 spiro atoms. The van der Waals surface area contributed by atoms with Crippen molar-refractivity contribution in [1.82, 2.24) is 9.80 Å². The third-order valence-electron chi connectivity index (χ3n) is 4.38. The van der Waals surface area contributed by atoms with Crippen molar-refractivity contribution >= 4 is 11.9 Å². The van der Waals surface area contributed by atoms with Crippen molar-refractivity contribution in [1.29, 1.82) is 0 Å². The van der Waals surface area contributed by atoms with Gasteiger partial charge in [-0.25, -0.2) is 0 Å². The Balaban J connectivity index is 1.73. The quantitative estimate of drug-likeness (QED) is 0.749. The van der Waals surface area contributed by atoms with Gasteiger partial charge in [-0.2, -0.15) is 0 Å². The normalized spacial score (nSPS) is 21.7. The lowest BCUT2D eigenvalue weighted by Crippen LogP contribution is -2.45. The fourth-order valence-electron chi connectivity index (χ4n) is 3.27. The van der Waals surface area contributed by atoms with Gasteiger partial charge in [-0.1, -0.05) is 0 Å². The number of nitrogens with zero attached hydrogens (tertiary/aromatic N) is 2. The number of likely N-dealkylation sites (tertiary alicyclic amines) is 2. The van der Waals surface area contributed by atoms with Crippen molar-refractivity contribution in [3.05, 3.63) is 0 Å². The third-order valence-corrected chi connectivity index (χ3v) is 4.38. The lowest BCUT2D eigenvalue weighted by Gasteiger charge is -2.35. The second-order valence-corrected chi connectivity index (χ2v) is 7.52. The Morgan fingerprint density at radius 2 is 1.59 bits per heavy atom. The molecule has 126 valence electrons. The summed E-state index contributed by atoms with van der Waals surface area (Å²) in [5, 5.41) is 0. The number of esters is 1. The first-order chi connectivity index (χ1) is 10.3. The van der Waals surface area contributed by atoms with Gasteiger partial charge in [0.2, 0.25) is 5.91 Å². The van der Waals surface area contributed by atoms with Crippen molar-refractivity contribution in [2.45, 2.75) is 58.5 Å². The number of hydrogen-bond donors (Lipinski definition) is 0. The highest BCUT2D eigenvalue weighted by atomic mass is 16.6. The van der Waals surface area contributed by atoms with Gasteiger partial charge >= 0.3 is 5.97 Å². The number of carbonyl (C=O) groups is 2. The molecule has 1 amide bonds. The topological polar surface area (TPSA) is 49.9 Å². The van der Waals surface area contributed by atoms with E-state index >= 15 is 0 Å². The summed E-state index contributed by atoms with van der Waals surface area (Å²) < 4.78 is 5.35. The maximum Gasteiger partial charge on any atom is 0.320 e. The summed E-state index contributed by atoms with van der Waals surface area (Å²) in [5.74, 6) is 0.304. The lowest BCUT2D eigenvalue weighted by atomic mass is 9.94. The third kappa shape index (κ3) is 5.27. The Kier molecular flexibility index (Phi) is 5.84. The fourth-order valence-corrected chi connectivity index (χ4v) is 3.27. The molecule has 2 rings (SSSR count). The number of piperidine rings is 2. The molecule has 2 aliphatic heterocycles. The molecule has 0 radical (unpaired) electrons. The van der Waals surface area contributed by atoms with Gasteiger partial charge in [0.05, 0.1) is 6.54 Å². The molecule has 0 bridgehead atoms. The first kappa shape index (κ1) is 17.3. The molecular formula is C17H30N2O3. The van der Waals surface area contributed by atoms with Crippen LogP contribution in [0.5, 0.6) is 0 Å². The molecule has 5 nitrogen and oxygen atoms in total. The van der Waals surface area contributed by atoms with Crippen molar-refractivity contribution in [3.8, 4) is 0 Å². The number of amides is 1. The molecular weight excluding hydrogens is 280 g/mol. The minimum Gasteiger partial charge on any atom is -0.459 e. The maximum atomic E-state index is 12.5. The molecule has 0 atom stereocenters. The molecule has 0 N–H and O–H groups in total. The first-order valence-electron chi connectivity index (χ1n) is 8.58. The summed E-state index contributed by atoms with van der Waals surface area (Å²) in [6.07, 6.45) is 5.25. The minimum atomic E-state index is -0.431. The maximum absolute atomic E-state index is 12.5. The standard InChI is InChI=1S/C17H30N2O3/c1-17(2,3)22-15(20)13-18-11-7-14(8-12-18)16(21)19-9-5-4-6-10-19/h14H,4-13H2,1-3H3. The monoisotopic (exact) mass is 310 g/mol. The average Bonchev–Trinajstić information content (AvgIpc) is 2.46. The Morgan fingerprint density at radius 3 is 2.14 bits per heavy atom. The van der Waals surface area contributed by atoms with Gasteiger partial charge in [-0.05, 0) is 66.0 Å². The van der Waals surface area contributed by atoms with Crippen molar-refractivity contribution in [2.24, 2.45) is 5.92 Å². The first-order valence-corrected chi connectivity index (χ1v) is 8.58. The summed E-state index contributed by atoms with van der Waals surface area (Å²) in [5.41, 5.74) is -0.431. The van der Waals surface area contributed by atoms with Crippen molar-refractivity contribution in [2.75, 3.05) is 32.7 Å². The number of rotatable bonds is 3. The van der Waals surface area contributed by atoms with Gasteiger partial charge in [-0.3, -0.25) is 14.5 Å². The summed E-state index contributed by atoms with van der Waals surface area (Å²) >= 11 is 0. The van der Waals surface area contributed by atoms with Crippen LogP contribution in [0.1, 0.15) is 52.9 Å². The average molecular weight is 310 g/mol. The molecule has 5 heteroatoms. The largest absolute Gasteiger partial charge is 0.459 e. The zero-order valence-electron chi connectivity index (χ0n) is 14.3. The van der Waals surface area contributed by atoms with Crippen molar-refractivity contribution in [3.63, 3.8) is 0 Å². The molecule has 0 saturated carbocycles. The Bertz CT molecular complexity index is 389. The van der Waals surface area contributed by atoms with Gasteiger partial charge < -0.3 is 9.64 Å². The van der Waals surface area contributed by atoms with Crippen LogP contribution in [0.15, 0.2) is 0 Å². The van der Waals surface area contributed by atoms with Gasteiger partial charge in [0.1, 0.15) is 5.60 Å². The molecule has 2 saturated heterocycles. The highest BCUT2D eigenvalue weighted by Crippen LogP contribution is 2.22. The van der Waals surface area contributed by atoms with Crippen LogP contribution >= 0.6 is 0 Å². The van der Waals surface area contributed by atoms with Crippen molar-refractivity contribution < 1.29 is 14.3 Å². The summed E-state index contributed by atoms with van der Waals surface area (Å²) in [7, 11) is 0. The van der Waals surface area contributed by atoms with Gasteiger partial charge in [0.15, 0.2) is 0 Å². The Labute approximate surface area is 134 Å². The van der Waals surface area contributed by atoms with E-state index in [9.17, 15) is 9.59 Å². The van der Waals surface area contributed by atoms with E-state index in [0.29, 0.717) is 12.5 Å². The Hall–Kier alpha value is -1.10. The number of hydrogen-bond acceptors (Lipinski definition) is 4. The minimum absolute atomic E-state index is 0.146. The number of ether oxygens (including phenoxy) is 1. The van der Waals surface area contributed by atoms with E-state index in [2.05, 4.69) is 4.90 Å². The van der Waals surface area contributed by atoms with E-state index in [4.69, 9.17) is 4.74 Å². The second-order valence-electron chi connectivity index (χ2n) is 7.52. The van der Waals surface area contributed by atoms with Crippen LogP contribution in [0.2, 0.25) is 0 Å².